The first kappa shape index (κ1) is 14.1. The minimum atomic E-state index is -2.32. The van der Waals surface area contributed by atoms with Crippen LogP contribution in [0.15, 0.2) is 36.1 Å². The highest BCUT2D eigenvalue weighted by Gasteiger charge is 2.36. The highest BCUT2D eigenvalue weighted by Crippen LogP contribution is 2.30. The summed E-state index contributed by atoms with van der Waals surface area (Å²) < 4.78 is 2.33. The van der Waals surface area contributed by atoms with Crippen molar-refractivity contribution in [3.63, 3.8) is 0 Å². The van der Waals surface area contributed by atoms with Crippen LogP contribution in [0.5, 0.6) is 0 Å². The third-order valence-corrected chi connectivity index (χ3v) is 2.82. The number of esters is 1. The first-order valence-electron chi connectivity index (χ1n) is 4.99. The second kappa shape index (κ2) is 4.96. The zero-order valence-corrected chi connectivity index (χ0v) is 11.4. The van der Waals surface area contributed by atoms with Gasteiger partial charge >= 0.3 is 5.97 Å². The van der Waals surface area contributed by atoms with Crippen LogP contribution < -0.4 is 0 Å². The lowest BCUT2D eigenvalue weighted by Crippen LogP contribution is -2.26. The van der Waals surface area contributed by atoms with Crippen LogP contribution in [0.1, 0.15) is 20.7 Å². The number of carbonyl (C=O) groups is 3. The van der Waals surface area contributed by atoms with E-state index in [4.69, 9.17) is 34.8 Å². The summed E-state index contributed by atoms with van der Waals surface area (Å²) in [6.07, 6.45) is 0.902. The normalized spacial score (nSPS) is 14.8. The van der Waals surface area contributed by atoms with Crippen molar-refractivity contribution in [2.24, 2.45) is 0 Å². The molecule has 0 aliphatic heterocycles. The Labute approximate surface area is 122 Å². The van der Waals surface area contributed by atoms with Crippen LogP contribution in [0, 0.1) is 0 Å². The van der Waals surface area contributed by atoms with E-state index in [1.165, 1.54) is 12.1 Å². The molecule has 1 aromatic rings. The molecule has 0 spiro atoms. The molecule has 1 aromatic carbocycles. The van der Waals surface area contributed by atoms with Crippen LogP contribution in [-0.2, 0) is 9.53 Å². The maximum atomic E-state index is 12.0. The number of Topliss-reactive ketones (excluding diaryl/α,β-unsaturated/α-hetero) is 1. The van der Waals surface area contributed by atoms with E-state index >= 15 is 0 Å². The molecule has 0 saturated heterocycles. The van der Waals surface area contributed by atoms with Gasteiger partial charge in [-0.2, -0.15) is 0 Å². The van der Waals surface area contributed by atoms with Gasteiger partial charge in [-0.25, -0.2) is 4.79 Å². The number of rotatable bonds is 1. The van der Waals surface area contributed by atoms with E-state index in [0.29, 0.717) is 0 Å². The monoisotopic (exact) mass is 318 g/mol. The second-order valence-corrected chi connectivity index (χ2v) is 5.92. The fourth-order valence-corrected chi connectivity index (χ4v) is 1.64. The number of carbonyl (C=O) groups excluding carboxylic acids is 3. The Kier molecular flexibility index (Phi) is 3.67. The quantitative estimate of drug-likeness (QED) is 0.590. The van der Waals surface area contributed by atoms with Crippen molar-refractivity contribution < 1.29 is 19.1 Å². The largest absolute Gasteiger partial charge is 0.419 e. The number of fused-ring (bicyclic) bond motifs is 1. The number of alkyl halides is 3. The molecule has 4 nitrogen and oxygen atoms in total. The smallest absolute Gasteiger partial charge is 0.364 e. The molecule has 0 radical (unpaired) electrons. The molecule has 0 heterocycles. The lowest BCUT2D eigenvalue weighted by molar-refractivity contribution is -0.138. The van der Waals surface area contributed by atoms with Gasteiger partial charge in [0.25, 0.3) is 3.79 Å². The van der Waals surface area contributed by atoms with Gasteiger partial charge in [-0.05, 0) is 0 Å². The van der Waals surface area contributed by atoms with Gasteiger partial charge in [-0.15, -0.1) is 0 Å². The molecule has 0 atom stereocenters. The van der Waals surface area contributed by atoms with Crippen molar-refractivity contribution in [2.75, 3.05) is 0 Å². The molecule has 7 heteroatoms. The molecule has 1 aliphatic rings. The van der Waals surface area contributed by atoms with Crippen LogP contribution in [0.3, 0.4) is 0 Å². The molecule has 0 bridgehead atoms. The molecular formula is C12H5Cl3O4. The zero-order valence-electron chi connectivity index (χ0n) is 9.15. The van der Waals surface area contributed by atoms with Crippen molar-refractivity contribution in [2.45, 2.75) is 3.79 Å². The molecule has 19 heavy (non-hydrogen) atoms. The molecule has 0 N–H and O–H groups in total. The Balaban J connectivity index is 2.34. The number of ketones is 2. The number of allylic oxidation sites excluding steroid dienone is 2. The van der Waals surface area contributed by atoms with Crippen LogP contribution in [0.25, 0.3) is 0 Å². The van der Waals surface area contributed by atoms with Crippen molar-refractivity contribution in [3.05, 3.63) is 47.2 Å². The molecular weight excluding hydrogens is 314 g/mol. The first-order chi connectivity index (χ1) is 8.80. The van der Waals surface area contributed by atoms with Crippen molar-refractivity contribution in [1.82, 2.24) is 0 Å². The lowest BCUT2D eigenvalue weighted by Gasteiger charge is -2.16. The van der Waals surface area contributed by atoms with Crippen molar-refractivity contribution in [1.29, 1.82) is 0 Å². The van der Waals surface area contributed by atoms with Crippen molar-refractivity contribution >= 4 is 52.3 Å². The maximum absolute atomic E-state index is 12.0. The molecule has 2 rings (SSSR count). The molecule has 0 saturated carbocycles. The minimum Gasteiger partial charge on any atom is -0.419 e. The average Bonchev–Trinajstić information content (AvgIpc) is 2.34. The first-order valence-corrected chi connectivity index (χ1v) is 6.13. The predicted molar refractivity (Wildman–Crippen MR) is 69.6 cm³/mol. The summed E-state index contributed by atoms with van der Waals surface area (Å²) >= 11 is 16.0. The van der Waals surface area contributed by atoms with E-state index in [2.05, 4.69) is 4.74 Å². The summed E-state index contributed by atoms with van der Waals surface area (Å²) in [5.41, 5.74) is 0.378. The highest BCUT2D eigenvalue weighted by molar-refractivity contribution is 6.75. The van der Waals surface area contributed by atoms with Gasteiger partial charge in [-0.3, -0.25) is 9.59 Å². The molecule has 0 amide bonds. The minimum absolute atomic E-state index is 0.141. The Hall–Kier alpha value is -1.36. The summed E-state index contributed by atoms with van der Waals surface area (Å²) in [4.78, 5) is 35.1. The molecule has 0 fully saturated rings. The summed E-state index contributed by atoms with van der Waals surface area (Å²) in [7, 11) is 0. The topological polar surface area (TPSA) is 60.4 Å². The highest BCUT2D eigenvalue weighted by atomic mass is 35.6. The molecule has 0 aromatic heterocycles. The number of hydrogen-bond donors (Lipinski definition) is 0. The van der Waals surface area contributed by atoms with E-state index in [0.717, 1.165) is 6.08 Å². The van der Waals surface area contributed by atoms with E-state index in [1.807, 2.05) is 0 Å². The lowest BCUT2D eigenvalue weighted by atomic mass is 9.94. The third-order valence-electron chi connectivity index (χ3n) is 2.36. The fourth-order valence-electron chi connectivity index (χ4n) is 1.52. The van der Waals surface area contributed by atoms with Gasteiger partial charge in [0.05, 0.1) is 0 Å². The summed E-state index contributed by atoms with van der Waals surface area (Å²) in [6.45, 7) is 0. The van der Waals surface area contributed by atoms with Crippen LogP contribution >= 0.6 is 34.8 Å². The Bertz CT molecular complexity index is 614. The van der Waals surface area contributed by atoms with Gasteiger partial charge in [-0.1, -0.05) is 59.1 Å². The average molecular weight is 320 g/mol. The summed E-state index contributed by atoms with van der Waals surface area (Å²) in [6, 6.07) is 6.16. The fraction of sp³-hybridized carbons (Fsp3) is 0.0833. The molecule has 1 aliphatic carbocycles. The number of hydrogen-bond acceptors (Lipinski definition) is 4. The SMILES string of the molecule is O=C1C=C(OC(=O)C(Cl)(Cl)Cl)C(=O)c2ccccc21. The number of ether oxygens (including phenoxy) is 1. The van der Waals surface area contributed by atoms with E-state index in [1.54, 1.807) is 12.1 Å². The van der Waals surface area contributed by atoms with E-state index in [9.17, 15) is 14.4 Å². The number of benzene rings is 1. The van der Waals surface area contributed by atoms with Gasteiger partial charge in [0.15, 0.2) is 11.5 Å². The Morgan fingerprint density at radius 2 is 1.63 bits per heavy atom. The summed E-state index contributed by atoms with van der Waals surface area (Å²) in [5.74, 6) is -2.77. The van der Waals surface area contributed by atoms with E-state index < -0.39 is 27.1 Å². The Morgan fingerprint density at radius 3 is 2.21 bits per heavy atom. The van der Waals surface area contributed by atoms with Crippen LogP contribution in [0.4, 0.5) is 0 Å². The second-order valence-electron chi connectivity index (χ2n) is 3.63. The maximum Gasteiger partial charge on any atom is 0.364 e. The van der Waals surface area contributed by atoms with Crippen LogP contribution in [0.2, 0.25) is 0 Å². The van der Waals surface area contributed by atoms with Gasteiger partial charge < -0.3 is 4.74 Å². The standard InChI is InChI=1S/C12H5Cl3O4/c13-12(14,15)11(18)19-9-5-8(16)6-3-1-2-4-7(6)10(9)17/h1-5H. The Morgan fingerprint density at radius 1 is 1.05 bits per heavy atom. The summed E-state index contributed by atoms with van der Waals surface area (Å²) in [5, 5.41) is 0. The van der Waals surface area contributed by atoms with Gasteiger partial charge in [0.1, 0.15) is 0 Å². The van der Waals surface area contributed by atoms with Gasteiger partial charge in [0, 0.05) is 17.2 Å². The number of halogens is 3. The zero-order chi connectivity index (χ0) is 14.2. The van der Waals surface area contributed by atoms with Crippen LogP contribution in [-0.4, -0.2) is 21.3 Å². The predicted octanol–water partition coefficient (Wildman–Crippen LogP) is 2.86. The van der Waals surface area contributed by atoms with E-state index in [-0.39, 0.29) is 11.1 Å². The molecule has 98 valence electrons. The molecule has 0 unspecified atom stereocenters. The van der Waals surface area contributed by atoms with Gasteiger partial charge in [0.2, 0.25) is 5.78 Å². The third kappa shape index (κ3) is 2.81. The van der Waals surface area contributed by atoms with Crippen molar-refractivity contribution in [3.8, 4) is 0 Å².